The topological polar surface area (TPSA) is 191 Å². The third kappa shape index (κ3) is 3.95. The van der Waals surface area contributed by atoms with Gasteiger partial charge in [0, 0.05) is 43.4 Å². The maximum Gasteiger partial charge on any atom is 0.255 e. The molecular weight excluding hydrogens is 528 g/mol. The Labute approximate surface area is 237 Å². The van der Waals surface area contributed by atoms with Crippen molar-refractivity contribution in [3.63, 3.8) is 0 Å². The summed E-state index contributed by atoms with van der Waals surface area (Å²) in [4.78, 5) is 43.2. The number of aromatic hydroxyl groups is 1. The van der Waals surface area contributed by atoms with Gasteiger partial charge < -0.3 is 36.8 Å². The molecule has 0 radical (unpaired) electrons. The Bertz CT molecular complexity index is 1560. The summed E-state index contributed by atoms with van der Waals surface area (Å²) >= 11 is 0. The Morgan fingerprint density at radius 1 is 1.07 bits per heavy atom. The highest BCUT2D eigenvalue weighted by molar-refractivity contribution is 6.25. The molecule has 3 aliphatic rings. The largest absolute Gasteiger partial charge is 0.510 e. The number of carbonyl (C=O) groups excluding carboxylic acids is 3. The molecule has 0 aliphatic heterocycles. The smallest absolute Gasteiger partial charge is 0.255 e. The zero-order valence-electron chi connectivity index (χ0n) is 23.3. The Morgan fingerprint density at radius 3 is 2.24 bits per heavy atom. The molecule has 216 valence electrons. The van der Waals surface area contributed by atoms with Gasteiger partial charge in [0.25, 0.3) is 5.91 Å². The van der Waals surface area contributed by atoms with Crippen LogP contribution in [0.25, 0.3) is 11.1 Å². The van der Waals surface area contributed by atoms with E-state index in [-0.39, 0.29) is 36.3 Å². The average Bonchev–Trinajstić information content (AvgIpc) is 2.90. The lowest BCUT2D eigenvalue weighted by molar-refractivity contribution is -0.148. The molecule has 2 aromatic rings. The van der Waals surface area contributed by atoms with Gasteiger partial charge >= 0.3 is 0 Å². The maximum absolute atomic E-state index is 14.1. The zero-order valence-corrected chi connectivity index (χ0v) is 23.3. The van der Waals surface area contributed by atoms with Gasteiger partial charge in [0.15, 0.2) is 11.4 Å². The minimum atomic E-state index is -2.68. The van der Waals surface area contributed by atoms with Crippen LogP contribution in [0.1, 0.15) is 27.9 Å². The molecule has 0 spiro atoms. The Morgan fingerprint density at radius 2 is 1.71 bits per heavy atom. The second-order valence-electron chi connectivity index (χ2n) is 11.4. The Hall–Kier alpha value is -4.19. The Balaban J connectivity index is 1.73. The number of Topliss-reactive ketones (excluding diaryl/α,β-unsaturated/α-hetero) is 2. The van der Waals surface area contributed by atoms with E-state index < -0.39 is 58.0 Å². The van der Waals surface area contributed by atoms with Crippen LogP contribution < -0.4 is 16.4 Å². The van der Waals surface area contributed by atoms with Gasteiger partial charge in [-0.1, -0.05) is 12.1 Å². The highest BCUT2D eigenvalue weighted by atomic mass is 16.3. The van der Waals surface area contributed by atoms with E-state index in [1.165, 1.54) is 4.90 Å². The van der Waals surface area contributed by atoms with Crippen molar-refractivity contribution in [1.82, 2.24) is 4.90 Å². The van der Waals surface area contributed by atoms with E-state index >= 15 is 0 Å². The minimum Gasteiger partial charge on any atom is -0.510 e. The van der Waals surface area contributed by atoms with Crippen molar-refractivity contribution in [2.24, 2.45) is 23.3 Å². The molecular formula is C30H34N4O7. The third-order valence-corrected chi connectivity index (χ3v) is 8.72. The van der Waals surface area contributed by atoms with Crippen molar-refractivity contribution < 1.29 is 34.8 Å². The van der Waals surface area contributed by atoms with Crippen LogP contribution in [0, 0.1) is 11.8 Å². The predicted octanol–water partition coefficient (Wildman–Crippen LogP) is 1.31. The SMILES string of the molecule is CN(C)c1ccc(-c2cc(CN)c(O)c3c2C[C@@H]2C[C@@H]4C(N(C)C)C(O)=C(C(N)=O)C(=O)[C@]4(O)C(O)=C2C3=O)cc1. The minimum absolute atomic E-state index is 0.0180. The molecule has 3 aliphatic carbocycles. The number of aliphatic hydroxyl groups is 3. The molecule has 0 saturated carbocycles. The first kappa shape index (κ1) is 28.3. The van der Waals surface area contributed by atoms with Gasteiger partial charge in [-0.05, 0) is 67.7 Å². The number of ketones is 2. The van der Waals surface area contributed by atoms with Gasteiger partial charge in [-0.2, -0.15) is 0 Å². The summed E-state index contributed by atoms with van der Waals surface area (Å²) in [5.74, 6) is -6.85. The number of allylic oxidation sites excluding steroid dienone is 1. The summed E-state index contributed by atoms with van der Waals surface area (Å²) in [6.07, 6.45) is 0.210. The third-order valence-electron chi connectivity index (χ3n) is 8.72. The van der Waals surface area contributed by atoms with E-state index in [0.29, 0.717) is 16.7 Å². The summed E-state index contributed by atoms with van der Waals surface area (Å²) in [6.45, 7) is -0.0648. The molecule has 5 rings (SSSR count). The maximum atomic E-state index is 14.1. The van der Waals surface area contributed by atoms with Crippen LogP contribution in [-0.2, 0) is 22.6 Å². The number of amides is 1. The number of carbonyl (C=O) groups is 3. The number of phenolic OH excluding ortho intramolecular Hbond substituents is 1. The summed E-state index contributed by atoms with van der Waals surface area (Å²) in [5.41, 5.74) is 10.9. The molecule has 0 aromatic heterocycles. The first-order chi connectivity index (χ1) is 19.2. The number of primary amides is 1. The summed E-state index contributed by atoms with van der Waals surface area (Å²) in [7, 11) is 7.03. The van der Waals surface area contributed by atoms with Crippen molar-refractivity contribution in [3.05, 3.63) is 69.7 Å². The second kappa shape index (κ2) is 9.72. The van der Waals surface area contributed by atoms with Gasteiger partial charge in [-0.3, -0.25) is 19.3 Å². The molecule has 1 unspecified atom stereocenters. The van der Waals surface area contributed by atoms with Crippen LogP contribution in [0.2, 0.25) is 0 Å². The number of benzene rings is 2. The van der Waals surface area contributed by atoms with E-state index in [4.69, 9.17) is 11.5 Å². The molecule has 11 heteroatoms. The normalized spacial score (nSPS) is 25.7. The molecule has 11 nitrogen and oxygen atoms in total. The fourth-order valence-corrected chi connectivity index (χ4v) is 6.73. The van der Waals surface area contributed by atoms with Crippen molar-refractivity contribution in [2.75, 3.05) is 33.1 Å². The first-order valence-corrected chi connectivity index (χ1v) is 13.3. The van der Waals surface area contributed by atoms with Gasteiger partial charge in [0.05, 0.1) is 11.6 Å². The zero-order chi connectivity index (χ0) is 30.1. The van der Waals surface area contributed by atoms with Crippen molar-refractivity contribution >= 4 is 23.2 Å². The standard InChI is InChI=1S/C30H34N4O7/c1-33(2)16-7-5-13(6-8-16)17-10-15(12-31)24(35)21-18(17)9-14-11-19-23(34(3)4)26(37)22(29(32)40)28(39)30(19,41)27(38)20(14)25(21)36/h5-8,10,14,19,23,35,37-38,41H,9,11-12,31H2,1-4H3,(H2,32,40)/t14-,19-,23?,30-/m1/s1. The van der Waals surface area contributed by atoms with Crippen LogP contribution in [-0.4, -0.2) is 82.6 Å². The lowest BCUT2D eigenvalue weighted by Crippen LogP contribution is -2.63. The molecule has 1 amide bonds. The number of nitrogens with zero attached hydrogens (tertiary/aromatic N) is 2. The van der Waals surface area contributed by atoms with Crippen LogP contribution in [0.4, 0.5) is 5.69 Å². The number of aliphatic hydroxyl groups excluding tert-OH is 2. The number of nitrogens with two attached hydrogens (primary N) is 2. The molecule has 2 aromatic carbocycles. The summed E-state index contributed by atoms with van der Waals surface area (Å²) in [5, 5.41) is 45.3. The molecule has 4 atom stereocenters. The summed E-state index contributed by atoms with van der Waals surface area (Å²) < 4.78 is 0. The monoisotopic (exact) mass is 562 g/mol. The first-order valence-electron chi connectivity index (χ1n) is 13.3. The number of hydrogen-bond donors (Lipinski definition) is 6. The van der Waals surface area contributed by atoms with Crippen molar-refractivity contribution in [3.8, 4) is 16.9 Å². The van der Waals surface area contributed by atoms with Gasteiger partial charge in [0.1, 0.15) is 22.8 Å². The van der Waals surface area contributed by atoms with Crippen LogP contribution in [0.5, 0.6) is 5.75 Å². The Kier molecular flexibility index (Phi) is 6.72. The molecule has 0 bridgehead atoms. The molecule has 0 fully saturated rings. The van der Waals surface area contributed by atoms with E-state index in [9.17, 15) is 34.8 Å². The molecule has 0 heterocycles. The van der Waals surface area contributed by atoms with Crippen LogP contribution in [0.15, 0.2) is 53.0 Å². The second-order valence-corrected chi connectivity index (χ2v) is 11.4. The van der Waals surface area contributed by atoms with Crippen molar-refractivity contribution in [2.45, 2.75) is 31.0 Å². The highest BCUT2D eigenvalue weighted by Gasteiger charge is 2.63. The summed E-state index contributed by atoms with van der Waals surface area (Å²) in [6, 6.07) is 8.38. The lowest BCUT2D eigenvalue weighted by atomic mass is 9.58. The average molecular weight is 563 g/mol. The number of hydrogen-bond acceptors (Lipinski definition) is 10. The van der Waals surface area contributed by atoms with Crippen molar-refractivity contribution in [1.29, 1.82) is 0 Å². The number of rotatable bonds is 5. The van der Waals surface area contributed by atoms with Gasteiger partial charge in [-0.25, -0.2) is 0 Å². The number of phenols is 1. The highest BCUT2D eigenvalue weighted by Crippen LogP contribution is 2.53. The predicted molar refractivity (Wildman–Crippen MR) is 151 cm³/mol. The fourth-order valence-electron chi connectivity index (χ4n) is 6.73. The quantitative estimate of drug-likeness (QED) is 0.290. The van der Waals surface area contributed by atoms with E-state index in [1.807, 2.05) is 43.3 Å². The van der Waals surface area contributed by atoms with E-state index in [0.717, 1.165) is 11.3 Å². The number of anilines is 1. The van der Waals surface area contributed by atoms with E-state index in [1.54, 1.807) is 20.2 Å². The van der Waals surface area contributed by atoms with E-state index in [2.05, 4.69) is 0 Å². The fraction of sp³-hybridized carbons (Fsp3) is 0.367. The molecule has 8 N–H and O–H groups in total. The van der Waals surface area contributed by atoms with Crippen LogP contribution in [0.3, 0.4) is 0 Å². The lowest BCUT2D eigenvalue weighted by Gasteiger charge is -2.50. The molecule has 0 saturated heterocycles. The number of fused-ring (bicyclic) bond motifs is 3. The van der Waals surface area contributed by atoms with Gasteiger partial charge in [0.2, 0.25) is 5.78 Å². The van der Waals surface area contributed by atoms with Crippen LogP contribution >= 0.6 is 0 Å². The van der Waals surface area contributed by atoms with Gasteiger partial charge in [-0.15, -0.1) is 0 Å². The number of likely N-dealkylation sites (N-methyl/N-ethyl adjacent to an activating group) is 1. The molecule has 41 heavy (non-hydrogen) atoms.